The molecule has 18 heavy (non-hydrogen) atoms. The molecule has 0 radical (unpaired) electrons. The summed E-state index contributed by atoms with van der Waals surface area (Å²) in [5.41, 5.74) is 2.14. The molecule has 2 rings (SSSR count). The molecule has 3 heteroatoms. The molecule has 1 aliphatic heterocycles. The highest BCUT2D eigenvalue weighted by atomic mass is 16.4. The number of hydrogen-bond acceptors (Lipinski definition) is 2. The van der Waals surface area contributed by atoms with Gasteiger partial charge in [-0.05, 0) is 18.1 Å². The summed E-state index contributed by atoms with van der Waals surface area (Å²) in [7, 11) is 0. The van der Waals surface area contributed by atoms with Crippen molar-refractivity contribution in [3.8, 4) is 11.8 Å². The van der Waals surface area contributed by atoms with Crippen molar-refractivity contribution in [1.82, 2.24) is 5.32 Å². The van der Waals surface area contributed by atoms with Crippen LogP contribution in [0.2, 0.25) is 0 Å². The zero-order chi connectivity index (χ0) is 12.8. The molecule has 0 aliphatic carbocycles. The van der Waals surface area contributed by atoms with Crippen molar-refractivity contribution in [3.05, 3.63) is 47.5 Å². The number of rotatable bonds is 3. The van der Waals surface area contributed by atoms with E-state index >= 15 is 0 Å². The van der Waals surface area contributed by atoms with Crippen molar-refractivity contribution < 1.29 is 9.90 Å². The van der Waals surface area contributed by atoms with Crippen LogP contribution in [0.1, 0.15) is 12.0 Å². The van der Waals surface area contributed by atoms with E-state index in [1.54, 1.807) is 6.08 Å². The van der Waals surface area contributed by atoms with E-state index in [0.717, 1.165) is 18.4 Å². The van der Waals surface area contributed by atoms with Gasteiger partial charge in [-0.25, -0.2) is 0 Å². The minimum Gasteiger partial charge on any atom is -0.480 e. The fraction of sp³-hybridized carbons (Fsp3) is 0.267. The summed E-state index contributed by atoms with van der Waals surface area (Å²) in [6, 6.07) is 9.61. The molecule has 0 saturated heterocycles. The summed E-state index contributed by atoms with van der Waals surface area (Å²) in [5, 5.41) is 11.7. The van der Waals surface area contributed by atoms with Crippen LogP contribution in [0.15, 0.2) is 42.0 Å². The first-order valence-electron chi connectivity index (χ1n) is 5.95. The number of carboxylic acids is 1. The van der Waals surface area contributed by atoms with E-state index in [4.69, 9.17) is 5.11 Å². The maximum absolute atomic E-state index is 10.7. The van der Waals surface area contributed by atoms with Gasteiger partial charge in [-0.15, -0.1) is 0 Å². The first-order chi connectivity index (χ1) is 8.75. The lowest BCUT2D eigenvalue weighted by atomic mass is 10.1. The lowest BCUT2D eigenvalue weighted by molar-refractivity contribution is -0.137. The van der Waals surface area contributed by atoms with Crippen LogP contribution in [-0.4, -0.2) is 23.7 Å². The molecule has 0 amide bonds. The van der Waals surface area contributed by atoms with Crippen LogP contribution in [0.4, 0.5) is 0 Å². The number of hydrogen-bond donors (Lipinski definition) is 2. The van der Waals surface area contributed by atoms with Gasteiger partial charge in [0.05, 0.1) is 0 Å². The first-order valence-corrected chi connectivity index (χ1v) is 5.95. The molecule has 1 aromatic carbocycles. The molecule has 0 spiro atoms. The van der Waals surface area contributed by atoms with Crippen LogP contribution < -0.4 is 5.32 Å². The summed E-state index contributed by atoms with van der Waals surface area (Å²) in [5.74, 6) is 5.26. The molecule has 3 nitrogen and oxygen atoms in total. The second-order valence-corrected chi connectivity index (χ2v) is 4.18. The largest absolute Gasteiger partial charge is 0.480 e. The van der Waals surface area contributed by atoms with Crippen LogP contribution in [0, 0.1) is 11.8 Å². The average Bonchev–Trinajstić information content (AvgIpc) is 2.85. The minimum atomic E-state index is -0.851. The Morgan fingerprint density at radius 2 is 2.17 bits per heavy atom. The molecule has 0 aromatic heterocycles. The van der Waals surface area contributed by atoms with Crippen LogP contribution in [-0.2, 0) is 11.2 Å². The second-order valence-electron chi connectivity index (χ2n) is 4.18. The Labute approximate surface area is 107 Å². The molecule has 1 heterocycles. The molecular formula is C15H15NO2. The van der Waals surface area contributed by atoms with Gasteiger partial charge in [0.25, 0.3) is 0 Å². The van der Waals surface area contributed by atoms with Crippen molar-refractivity contribution in [2.75, 3.05) is 6.54 Å². The molecule has 0 bridgehead atoms. The lowest BCUT2D eigenvalue weighted by Crippen LogP contribution is -2.30. The molecule has 92 valence electrons. The maximum atomic E-state index is 10.7. The van der Waals surface area contributed by atoms with Gasteiger partial charge >= 0.3 is 5.97 Å². The Morgan fingerprint density at radius 1 is 1.39 bits per heavy atom. The topological polar surface area (TPSA) is 49.3 Å². The van der Waals surface area contributed by atoms with Crippen LogP contribution in [0.3, 0.4) is 0 Å². The third-order valence-corrected chi connectivity index (χ3v) is 2.78. The predicted octanol–water partition coefficient (Wildman–Crippen LogP) is 1.61. The molecule has 1 atom stereocenters. The summed E-state index contributed by atoms with van der Waals surface area (Å²) in [4.78, 5) is 10.7. The van der Waals surface area contributed by atoms with Gasteiger partial charge in [0.1, 0.15) is 6.04 Å². The third-order valence-electron chi connectivity index (χ3n) is 2.78. The lowest BCUT2D eigenvalue weighted by Gasteiger charge is -1.98. The summed E-state index contributed by atoms with van der Waals surface area (Å²) < 4.78 is 0. The van der Waals surface area contributed by atoms with Gasteiger partial charge in [0, 0.05) is 18.5 Å². The Balaban J connectivity index is 1.83. The van der Waals surface area contributed by atoms with Crippen LogP contribution in [0.5, 0.6) is 0 Å². The fourth-order valence-electron chi connectivity index (χ4n) is 1.81. The van der Waals surface area contributed by atoms with Crippen LogP contribution >= 0.6 is 0 Å². The van der Waals surface area contributed by atoms with E-state index in [1.807, 2.05) is 18.2 Å². The maximum Gasteiger partial charge on any atom is 0.324 e. The van der Waals surface area contributed by atoms with Gasteiger partial charge in [0.2, 0.25) is 0 Å². The quantitative estimate of drug-likeness (QED) is 0.790. The van der Waals surface area contributed by atoms with Gasteiger partial charge < -0.3 is 5.11 Å². The average molecular weight is 241 g/mol. The molecule has 1 aliphatic rings. The zero-order valence-electron chi connectivity index (χ0n) is 10.0. The standard InChI is InChI=1S/C15H15NO2/c17-15(18)14-10-13(11-16-14)9-5-4-8-12-6-2-1-3-7-12/h1-3,6-7,10,14,16H,4,8,11H2,(H,17,18)/t14-/m0/s1. The van der Waals surface area contributed by atoms with Crippen molar-refractivity contribution in [2.45, 2.75) is 18.9 Å². The normalized spacial score (nSPS) is 17.8. The van der Waals surface area contributed by atoms with Gasteiger partial charge in [-0.2, -0.15) is 0 Å². The fourth-order valence-corrected chi connectivity index (χ4v) is 1.81. The summed E-state index contributed by atoms with van der Waals surface area (Å²) >= 11 is 0. The molecule has 0 unspecified atom stereocenters. The second kappa shape index (κ2) is 6.04. The van der Waals surface area contributed by atoms with Gasteiger partial charge in [-0.3, -0.25) is 10.1 Å². The van der Waals surface area contributed by atoms with E-state index in [2.05, 4.69) is 29.3 Å². The Morgan fingerprint density at radius 3 is 2.83 bits per heavy atom. The molecule has 1 aromatic rings. The summed E-state index contributed by atoms with van der Waals surface area (Å²) in [6.07, 6.45) is 3.40. The number of carbonyl (C=O) groups is 1. The number of carboxylic acid groups (broad SMARTS) is 1. The highest BCUT2D eigenvalue weighted by Crippen LogP contribution is 2.05. The van der Waals surface area contributed by atoms with Gasteiger partial charge in [-0.1, -0.05) is 42.2 Å². The number of aliphatic carboxylic acids is 1. The third kappa shape index (κ3) is 3.47. The van der Waals surface area contributed by atoms with E-state index in [-0.39, 0.29) is 0 Å². The van der Waals surface area contributed by atoms with E-state index in [1.165, 1.54) is 5.56 Å². The first kappa shape index (κ1) is 12.4. The minimum absolute atomic E-state index is 0.551. The molecule has 2 N–H and O–H groups in total. The van der Waals surface area contributed by atoms with Crippen molar-refractivity contribution in [2.24, 2.45) is 0 Å². The summed E-state index contributed by atoms with van der Waals surface area (Å²) in [6.45, 7) is 0.551. The highest BCUT2D eigenvalue weighted by molar-refractivity contribution is 5.77. The number of aryl methyl sites for hydroxylation is 1. The molecule has 0 saturated carbocycles. The van der Waals surface area contributed by atoms with Crippen molar-refractivity contribution >= 4 is 5.97 Å². The SMILES string of the molecule is O=C(O)[C@@H]1C=C(C#CCCc2ccccc2)CN1. The predicted molar refractivity (Wildman–Crippen MR) is 70.0 cm³/mol. The van der Waals surface area contributed by atoms with Crippen molar-refractivity contribution in [3.63, 3.8) is 0 Å². The van der Waals surface area contributed by atoms with E-state index in [9.17, 15) is 4.79 Å². The highest BCUT2D eigenvalue weighted by Gasteiger charge is 2.19. The molecular weight excluding hydrogens is 226 g/mol. The van der Waals surface area contributed by atoms with Crippen molar-refractivity contribution in [1.29, 1.82) is 0 Å². The molecule has 0 fully saturated rings. The van der Waals surface area contributed by atoms with Gasteiger partial charge in [0.15, 0.2) is 0 Å². The van der Waals surface area contributed by atoms with Crippen LogP contribution in [0.25, 0.3) is 0 Å². The Kier molecular flexibility index (Phi) is 4.16. The number of benzene rings is 1. The number of nitrogens with one attached hydrogen (secondary N) is 1. The smallest absolute Gasteiger partial charge is 0.324 e. The van der Waals surface area contributed by atoms with E-state index in [0.29, 0.717) is 6.54 Å². The van der Waals surface area contributed by atoms with E-state index < -0.39 is 12.0 Å². The Hall–Kier alpha value is -2.05. The Bertz CT molecular complexity index is 508. The monoisotopic (exact) mass is 241 g/mol. The zero-order valence-corrected chi connectivity index (χ0v) is 10.0.